The lowest BCUT2D eigenvalue weighted by atomic mass is 10.3. The number of carboxylic acid groups (broad SMARTS) is 1. The van der Waals surface area contributed by atoms with E-state index in [9.17, 15) is 4.79 Å². The fourth-order valence-corrected chi connectivity index (χ4v) is 1.73. The highest BCUT2D eigenvalue weighted by Crippen LogP contribution is 2.23. The Morgan fingerprint density at radius 1 is 1.44 bits per heavy atom. The van der Waals surface area contributed by atoms with Crippen LogP contribution in [-0.4, -0.2) is 27.5 Å². The lowest BCUT2D eigenvalue weighted by Gasteiger charge is -2.10. The second kappa shape index (κ2) is 4.91. The first-order valence-electron chi connectivity index (χ1n) is 5.65. The molecule has 0 aliphatic rings. The van der Waals surface area contributed by atoms with Crippen LogP contribution in [0.15, 0.2) is 30.3 Å². The normalized spacial score (nSPS) is 10.3. The molecule has 1 N–H and O–H groups in total. The summed E-state index contributed by atoms with van der Waals surface area (Å²) in [5, 5.41) is 13.0. The molecule has 0 saturated carbocycles. The van der Waals surface area contributed by atoms with E-state index >= 15 is 0 Å². The van der Waals surface area contributed by atoms with Crippen LogP contribution in [0.3, 0.4) is 0 Å². The molecule has 0 spiro atoms. The Morgan fingerprint density at radius 2 is 2.17 bits per heavy atom. The minimum atomic E-state index is -1.04. The Bertz CT molecular complexity index is 575. The van der Waals surface area contributed by atoms with E-state index in [-0.39, 0.29) is 5.69 Å². The van der Waals surface area contributed by atoms with Gasteiger partial charge in [-0.05, 0) is 32.0 Å². The molecule has 0 aliphatic carbocycles. The van der Waals surface area contributed by atoms with Gasteiger partial charge in [0.2, 0.25) is 0 Å². The molecule has 5 heteroatoms. The van der Waals surface area contributed by atoms with Crippen molar-refractivity contribution in [3.05, 3.63) is 41.7 Å². The van der Waals surface area contributed by atoms with Crippen LogP contribution in [0.1, 0.15) is 23.1 Å². The Labute approximate surface area is 105 Å². The van der Waals surface area contributed by atoms with Crippen molar-refractivity contribution in [1.29, 1.82) is 0 Å². The van der Waals surface area contributed by atoms with Crippen molar-refractivity contribution < 1.29 is 14.6 Å². The van der Waals surface area contributed by atoms with E-state index in [1.165, 1.54) is 6.07 Å². The molecule has 0 radical (unpaired) electrons. The van der Waals surface area contributed by atoms with Gasteiger partial charge in [0, 0.05) is 5.69 Å². The van der Waals surface area contributed by atoms with Crippen molar-refractivity contribution in [2.75, 3.05) is 6.61 Å². The Morgan fingerprint density at radius 3 is 2.78 bits per heavy atom. The van der Waals surface area contributed by atoms with E-state index in [1.807, 2.05) is 38.1 Å². The molecule has 94 valence electrons. The Balaban J connectivity index is 2.51. The maximum atomic E-state index is 10.9. The van der Waals surface area contributed by atoms with Crippen molar-refractivity contribution in [2.45, 2.75) is 13.8 Å². The van der Waals surface area contributed by atoms with Gasteiger partial charge in [-0.1, -0.05) is 12.1 Å². The minimum Gasteiger partial charge on any atom is -0.492 e. The summed E-state index contributed by atoms with van der Waals surface area (Å²) in [6.07, 6.45) is 0. The standard InChI is InChI=1S/C13H14N2O3/c1-3-18-12-7-5-4-6-11(12)15-9(2)8-10(14-15)13(16)17/h4-8H,3H2,1-2H3,(H,16,17). The average Bonchev–Trinajstić information content (AvgIpc) is 2.73. The molecular formula is C13H14N2O3. The van der Waals surface area contributed by atoms with Gasteiger partial charge in [-0.2, -0.15) is 5.10 Å². The molecule has 0 saturated heterocycles. The maximum Gasteiger partial charge on any atom is 0.356 e. The lowest BCUT2D eigenvalue weighted by Crippen LogP contribution is -2.05. The second-order valence-corrected chi connectivity index (χ2v) is 3.79. The fourth-order valence-electron chi connectivity index (χ4n) is 1.73. The molecule has 0 bridgehead atoms. The zero-order valence-electron chi connectivity index (χ0n) is 10.3. The summed E-state index contributed by atoms with van der Waals surface area (Å²) in [6, 6.07) is 8.94. The van der Waals surface area contributed by atoms with Gasteiger partial charge in [0.1, 0.15) is 11.4 Å². The van der Waals surface area contributed by atoms with Crippen molar-refractivity contribution >= 4 is 5.97 Å². The van der Waals surface area contributed by atoms with Gasteiger partial charge < -0.3 is 9.84 Å². The van der Waals surface area contributed by atoms with Crippen LogP contribution in [0.5, 0.6) is 5.75 Å². The molecule has 0 fully saturated rings. The van der Waals surface area contributed by atoms with Crippen LogP contribution in [-0.2, 0) is 0 Å². The van der Waals surface area contributed by atoms with Gasteiger partial charge in [0.15, 0.2) is 5.69 Å². The molecule has 2 rings (SSSR count). The quantitative estimate of drug-likeness (QED) is 0.898. The number of aryl methyl sites for hydroxylation is 1. The van der Waals surface area contributed by atoms with E-state index in [0.717, 1.165) is 11.4 Å². The summed E-state index contributed by atoms with van der Waals surface area (Å²) in [5.41, 5.74) is 1.52. The predicted molar refractivity (Wildman–Crippen MR) is 66.4 cm³/mol. The monoisotopic (exact) mass is 246 g/mol. The SMILES string of the molecule is CCOc1ccccc1-n1nc(C(=O)O)cc1C. The summed E-state index contributed by atoms with van der Waals surface area (Å²) in [6.45, 7) is 4.25. The van der Waals surface area contributed by atoms with Crippen LogP contribution in [0.4, 0.5) is 0 Å². The molecule has 5 nitrogen and oxygen atoms in total. The third-order valence-electron chi connectivity index (χ3n) is 2.50. The molecule has 0 atom stereocenters. The topological polar surface area (TPSA) is 64.4 Å². The molecule has 0 aliphatic heterocycles. The molecule has 2 aromatic rings. The van der Waals surface area contributed by atoms with Crippen LogP contribution < -0.4 is 4.74 Å². The first-order valence-corrected chi connectivity index (χ1v) is 5.65. The van der Waals surface area contributed by atoms with E-state index < -0.39 is 5.97 Å². The Hall–Kier alpha value is -2.30. The number of rotatable bonds is 4. The summed E-state index contributed by atoms with van der Waals surface area (Å²) >= 11 is 0. The van der Waals surface area contributed by atoms with Crippen molar-refractivity contribution in [3.63, 3.8) is 0 Å². The zero-order chi connectivity index (χ0) is 13.1. The largest absolute Gasteiger partial charge is 0.492 e. The third kappa shape index (κ3) is 2.20. The maximum absolute atomic E-state index is 10.9. The summed E-state index contributed by atoms with van der Waals surface area (Å²) in [4.78, 5) is 10.9. The predicted octanol–water partition coefficient (Wildman–Crippen LogP) is 2.28. The first kappa shape index (κ1) is 12.2. The van der Waals surface area contributed by atoms with E-state index in [4.69, 9.17) is 9.84 Å². The fraction of sp³-hybridized carbons (Fsp3) is 0.231. The number of hydrogen-bond donors (Lipinski definition) is 1. The second-order valence-electron chi connectivity index (χ2n) is 3.79. The Kier molecular flexibility index (Phi) is 3.32. The number of carboxylic acids is 1. The average molecular weight is 246 g/mol. The smallest absolute Gasteiger partial charge is 0.356 e. The summed E-state index contributed by atoms with van der Waals surface area (Å²) in [7, 11) is 0. The molecule has 1 aromatic heterocycles. The third-order valence-corrected chi connectivity index (χ3v) is 2.50. The van der Waals surface area contributed by atoms with Crippen molar-refractivity contribution in [2.24, 2.45) is 0 Å². The summed E-state index contributed by atoms with van der Waals surface area (Å²) in [5.74, 6) is -0.353. The number of hydrogen-bond acceptors (Lipinski definition) is 3. The first-order chi connectivity index (χ1) is 8.63. The van der Waals surface area contributed by atoms with Gasteiger partial charge in [-0.15, -0.1) is 0 Å². The van der Waals surface area contributed by atoms with Gasteiger partial charge in [0.05, 0.1) is 6.61 Å². The highest BCUT2D eigenvalue weighted by atomic mass is 16.5. The van der Waals surface area contributed by atoms with E-state index in [0.29, 0.717) is 12.4 Å². The van der Waals surface area contributed by atoms with Gasteiger partial charge in [-0.3, -0.25) is 0 Å². The van der Waals surface area contributed by atoms with Gasteiger partial charge in [-0.25, -0.2) is 9.48 Å². The highest BCUT2D eigenvalue weighted by Gasteiger charge is 2.14. The molecule has 18 heavy (non-hydrogen) atoms. The molecule has 1 heterocycles. The number of carbonyl (C=O) groups is 1. The number of ether oxygens (including phenoxy) is 1. The van der Waals surface area contributed by atoms with Gasteiger partial charge >= 0.3 is 5.97 Å². The molecule has 1 aromatic carbocycles. The number of para-hydroxylation sites is 2. The lowest BCUT2D eigenvalue weighted by molar-refractivity contribution is 0.0690. The van der Waals surface area contributed by atoms with Crippen LogP contribution >= 0.6 is 0 Å². The zero-order valence-corrected chi connectivity index (χ0v) is 10.3. The number of nitrogens with zero attached hydrogens (tertiary/aromatic N) is 2. The summed E-state index contributed by atoms with van der Waals surface area (Å²) < 4.78 is 7.09. The number of aromatic carboxylic acids is 1. The molecular weight excluding hydrogens is 232 g/mol. The molecule has 0 amide bonds. The minimum absolute atomic E-state index is 0.0267. The molecule has 0 unspecified atom stereocenters. The van der Waals surface area contributed by atoms with Crippen LogP contribution in [0.2, 0.25) is 0 Å². The van der Waals surface area contributed by atoms with E-state index in [1.54, 1.807) is 4.68 Å². The van der Waals surface area contributed by atoms with Crippen LogP contribution in [0, 0.1) is 6.92 Å². The highest BCUT2D eigenvalue weighted by molar-refractivity contribution is 5.85. The van der Waals surface area contributed by atoms with Crippen molar-refractivity contribution in [1.82, 2.24) is 9.78 Å². The van der Waals surface area contributed by atoms with E-state index in [2.05, 4.69) is 5.10 Å². The van der Waals surface area contributed by atoms with Gasteiger partial charge in [0.25, 0.3) is 0 Å². The van der Waals surface area contributed by atoms with Crippen molar-refractivity contribution in [3.8, 4) is 11.4 Å². The number of benzene rings is 1. The number of aromatic nitrogens is 2. The van der Waals surface area contributed by atoms with Crippen LogP contribution in [0.25, 0.3) is 5.69 Å².